The summed E-state index contributed by atoms with van der Waals surface area (Å²) >= 11 is 9.07. The van der Waals surface area contributed by atoms with E-state index in [9.17, 15) is 14.9 Å². The molecule has 1 heterocycles. The monoisotopic (exact) mass is 369 g/mol. The van der Waals surface area contributed by atoms with Gasteiger partial charge in [-0.3, -0.25) is 14.9 Å². The summed E-state index contributed by atoms with van der Waals surface area (Å²) in [6.45, 7) is 1.84. The minimum absolute atomic E-state index is 0.0902. The quantitative estimate of drug-likeness (QED) is 0.654. The highest BCUT2D eigenvalue weighted by Gasteiger charge is 2.23. The molecule has 0 aliphatic heterocycles. The van der Waals surface area contributed by atoms with Crippen molar-refractivity contribution in [3.05, 3.63) is 61.2 Å². The van der Waals surface area contributed by atoms with Crippen LogP contribution in [-0.4, -0.2) is 15.8 Å². The van der Waals surface area contributed by atoms with Gasteiger partial charge >= 0.3 is 5.69 Å². The second-order valence-electron chi connectivity index (χ2n) is 4.17. The van der Waals surface area contributed by atoms with Gasteiger partial charge in [0.2, 0.25) is 0 Å². The SMILES string of the molecule is Cc1cc(NC(=O)c2cccc(Cl)c2[N+](=O)[O-])ncc1Br. The molecule has 0 atom stereocenters. The van der Waals surface area contributed by atoms with E-state index in [1.165, 1.54) is 24.4 Å². The summed E-state index contributed by atoms with van der Waals surface area (Å²) in [6, 6.07) is 5.83. The molecule has 0 fully saturated rings. The largest absolute Gasteiger partial charge is 0.306 e. The molecular formula is C13H9BrClN3O3. The molecule has 0 spiro atoms. The fraction of sp³-hybridized carbons (Fsp3) is 0.0769. The van der Waals surface area contributed by atoms with E-state index in [2.05, 4.69) is 26.2 Å². The van der Waals surface area contributed by atoms with Crippen LogP contribution in [0.3, 0.4) is 0 Å². The van der Waals surface area contributed by atoms with Crippen molar-refractivity contribution < 1.29 is 9.72 Å². The molecule has 0 aliphatic rings. The number of aromatic nitrogens is 1. The molecule has 0 radical (unpaired) electrons. The minimum atomic E-state index is -0.683. The lowest BCUT2D eigenvalue weighted by molar-refractivity contribution is -0.385. The van der Waals surface area contributed by atoms with Crippen molar-refractivity contribution >= 4 is 44.9 Å². The fourth-order valence-electron chi connectivity index (χ4n) is 1.68. The number of carbonyl (C=O) groups excluding carboxylic acids is 1. The number of nitro groups is 1. The third-order valence-electron chi connectivity index (χ3n) is 2.70. The van der Waals surface area contributed by atoms with Gasteiger partial charge in [0, 0.05) is 10.7 Å². The van der Waals surface area contributed by atoms with E-state index in [1.807, 2.05) is 6.92 Å². The van der Waals surface area contributed by atoms with Gasteiger partial charge in [0.05, 0.1) is 4.92 Å². The number of aryl methyl sites for hydroxylation is 1. The van der Waals surface area contributed by atoms with Crippen molar-refractivity contribution in [2.24, 2.45) is 0 Å². The summed E-state index contributed by atoms with van der Waals surface area (Å²) in [5, 5.41) is 13.4. The number of nitrogens with zero attached hydrogens (tertiary/aromatic N) is 2. The van der Waals surface area contributed by atoms with Crippen LogP contribution in [0.4, 0.5) is 11.5 Å². The second-order valence-corrected chi connectivity index (χ2v) is 5.43. The lowest BCUT2D eigenvalue weighted by atomic mass is 10.1. The van der Waals surface area contributed by atoms with Gasteiger partial charge in [0.25, 0.3) is 5.91 Å². The van der Waals surface area contributed by atoms with Crippen LogP contribution in [0.5, 0.6) is 0 Å². The Labute approximate surface area is 133 Å². The summed E-state index contributed by atoms with van der Waals surface area (Å²) in [5.41, 5.74) is 0.335. The molecular weight excluding hydrogens is 362 g/mol. The molecule has 0 bridgehead atoms. The van der Waals surface area contributed by atoms with E-state index in [0.717, 1.165) is 10.0 Å². The van der Waals surface area contributed by atoms with Gasteiger partial charge in [-0.1, -0.05) is 17.7 Å². The molecule has 2 aromatic rings. The van der Waals surface area contributed by atoms with Gasteiger partial charge in [-0.25, -0.2) is 4.98 Å². The van der Waals surface area contributed by atoms with E-state index in [0.29, 0.717) is 5.82 Å². The molecule has 1 aromatic carbocycles. The summed E-state index contributed by atoms with van der Waals surface area (Å²) < 4.78 is 0.800. The second kappa shape index (κ2) is 6.19. The number of nitrogens with one attached hydrogen (secondary N) is 1. The molecule has 1 N–H and O–H groups in total. The fourth-order valence-corrected chi connectivity index (χ4v) is 2.14. The third-order valence-corrected chi connectivity index (χ3v) is 3.84. The van der Waals surface area contributed by atoms with Gasteiger partial charge in [-0.2, -0.15) is 0 Å². The Morgan fingerprint density at radius 3 is 2.81 bits per heavy atom. The number of pyridine rings is 1. The predicted molar refractivity (Wildman–Crippen MR) is 82.7 cm³/mol. The Kier molecular flexibility index (Phi) is 4.54. The maximum atomic E-state index is 12.2. The van der Waals surface area contributed by atoms with Gasteiger partial charge in [0.1, 0.15) is 16.4 Å². The first-order valence-electron chi connectivity index (χ1n) is 5.76. The van der Waals surface area contributed by atoms with E-state index in [-0.39, 0.29) is 10.6 Å². The highest BCUT2D eigenvalue weighted by Crippen LogP contribution is 2.28. The van der Waals surface area contributed by atoms with Crippen LogP contribution in [0.15, 0.2) is 34.9 Å². The van der Waals surface area contributed by atoms with Crippen LogP contribution in [0, 0.1) is 17.0 Å². The first-order chi connectivity index (χ1) is 9.90. The normalized spacial score (nSPS) is 10.2. The topological polar surface area (TPSA) is 85.1 Å². The first-order valence-corrected chi connectivity index (χ1v) is 6.93. The van der Waals surface area contributed by atoms with Crippen LogP contribution in [0.2, 0.25) is 5.02 Å². The van der Waals surface area contributed by atoms with Crippen molar-refractivity contribution in [2.45, 2.75) is 6.92 Å². The summed E-state index contributed by atoms with van der Waals surface area (Å²) in [5.74, 6) is -0.339. The molecule has 1 aromatic heterocycles. The molecule has 2 rings (SSSR count). The van der Waals surface area contributed by atoms with Gasteiger partial charge in [-0.15, -0.1) is 0 Å². The lowest BCUT2D eigenvalue weighted by Crippen LogP contribution is -2.15. The molecule has 0 saturated heterocycles. The van der Waals surface area contributed by atoms with E-state index >= 15 is 0 Å². The standard InChI is InChI=1S/C13H9BrClN3O3/c1-7-5-11(16-6-9(7)14)17-13(19)8-3-2-4-10(15)12(8)18(20)21/h2-6H,1H3,(H,16,17,19). The molecule has 1 amide bonds. The van der Waals surface area contributed by atoms with Crippen molar-refractivity contribution in [2.75, 3.05) is 5.32 Å². The molecule has 21 heavy (non-hydrogen) atoms. The number of amides is 1. The average Bonchev–Trinajstić information content (AvgIpc) is 2.42. The number of carbonyl (C=O) groups is 1. The van der Waals surface area contributed by atoms with Gasteiger partial charge in [0.15, 0.2) is 0 Å². The zero-order chi connectivity index (χ0) is 15.6. The van der Waals surface area contributed by atoms with Crippen molar-refractivity contribution in [3.8, 4) is 0 Å². The van der Waals surface area contributed by atoms with Crippen LogP contribution in [-0.2, 0) is 0 Å². The number of benzene rings is 1. The number of rotatable bonds is 3. The predicted octanol–water partition coefficient (Wildman–Crippen LogP) is 3.97. The van der Waals surface area contributed by atoms with Crippen LogP contribution in [0.1, 0.15) is 15.9 Å². The minimum Gasteiger partial charge on any atom is -0.306 e. The van der Waals surface area contributed by atoms with E-state index < -0.39 is 16.5 Å². The number of hydrogen-bond donors (Lipinski definition) is 1. The lowest BCUT2D eigenvalue weighted by Gasteiger charge is -2.07. The zero-order valence-corrected chi connectivity index (χ0v) is 13.1. The maximum absolute atomic E-state index is 12.2. The molecule has 6 nitrogen and oxygen atoms in total. The Morgan fingerprint density at radius 1 is 1.48 bits per heavy atom. The number of halogens is 2. The van der Waals surface area contributed by atoms with Crippen molar-refractivity contribution in [3.63, 3.8) is 0 Å². The maximum Gasteiger partial charge on any atom is 0.300 e. The Morgan fingerprint density at radius 2 is 2.19 bits per heavy atom. The molecule has 8 heteroatoms. The molecule has 0 aliphatic carbocycles. The van der Waals surface area contributed by atoms with E-state index in [4.69, 9.17) is 11.6 Å². The average molecular weight is 371 g/mol. The van der Waals surface area contributed by atoms with Crippen molar-refractivity contribution in [1.29, 1.82) is 0 Å². The number of para-hydroxylation sites is 1. The number of nitro benzene ring substituents is 1. The highest BCUT2D eigenvalue weighted by atomic mass is 79.9. The van der Waals surface area contributed by atoms with Crippen molar-refractivity contribution in [1.82, 2.24) is 4.98 Å². The third kappa shape index (κ3) is 3.37. The Hall–Kier alpha value is -1.99. The highest BCUT2D eigenvalue weighted by molar-refractivity contribution is 9.10. The van der Waals surface area contributed by atoms with Crippen LogP contribution >= 0.6 is 27.5 Å². The summed E-state index contributed by atoms with van der Waals surface area (Å²) in [7, 11) is 0. The Bertz CT molecular complexity index is 737. The summed E-state index contributed by atoms with van der Waals surface area (Å²) in [4.78, 5) is 26.5. The number of anilines is 1. The first kappa shape index (κ1) is 15.4. The van der Waals surface area contributed by atoms with Crippen LogP contribution < -0.4 is 5.32 Å². The Balaban J connectivity index is 2.35. The van der Waals surface area contributed by atoms with E-state index in [1.54, 1.807) is 6.07 Å². The number of hydrogen-bond acceptors (Lipinski definition) is 4. The van der Waals surface area contributed by atoms with Gasteiger partial charge < -0.3 is 5.32 Å². The molecule has 0 saturated carbocycles. The smallest absolute Gasteiger partial charge is 0.300 e. The molecule has 0 unspecified atom stereocenters. The van der Waals surface area contributed by atoms with Crippen LogP contribution in [0.25, 0.3) is 0 Å². The van der Waals surface area contributed by atoms with Gasteiger partial charge in [-0.05, 0) is 46.6 Å². The summed E-state index contributed by atoms with van der Waals surface area (Å²) in [6.07, 6.45) is 1.54. The molecule has 108 valence electrons. The zero-order valence-electron chi connectivity index (χ0n) is 10.8.